The van der Waals surface area contributed by atoms with Crippen molar-refractivity contribution in [3.05, 3.63) is 43.0 Å². The number of hydrogen-bond acceptors (Lipinski definition) is 4. The van der Waals surface area contributed by atoms with Gasteiger partial charge in [-0.3, -0.25) is 0 Å². The lowest BCUT2D eigenvalue weighted by Crippen LogP contribution is -2.53. The second kappa shape index (κ2) is 6.50. The molecule has 3 rings (SSSR count). The highest BCUT2D eigenvalue weighted by Gasteiger charge is 2.47. The van der Waals surface area contributed by atoms with Crippen LogP contribution in [0.1, 0.15) is 12.8 Å². The van der Waals surface area contributed by atoms with Crippen LogP contribution in [0.3, 0.4) is 0 Å². The molecule has 1 aromatic carbocycles. The van der Waals surface area contributed by atoms with E-state index in [9.17, 15) is 8.42 Å². The van der Waals surface area contributed by atoms with E-state index >= 15 is 0 Å². The second-order valence-electron chi connectivity index (χ2n) is 5.57. The zero-order valence-electron chi connectivity index (χ0n) is 12.4. The normalized spacial score (nSPS) is 29.2. The minimum atomic E-state index is -3.48. The number of fused-ring (bicyclic) bond motifs is 1. The molecule has 1 saturated heterocycles. The summed E-state index contributed by atoms with van der Waals surface area (Å²) in [5, 5.41) is 0. The smallest absolute Gasteiger partial charge is 0.243 e. The molecule has 1 aliphatic heterocycles. The molecule has 6 heteroatoms. The van der Waals surface area contributed by atoms with Crippen LogP contribution in [0.15, 0.2) is 47.9 Å². The first-order chi connectivity index (χ1) is 10.6. The number of nitrogens with zero attached hydrogens (tertiary/aromatic N) is 1. The van der Waals surface area contributed by atoms with Crippen LogP contribution in [0.2, 0.25) is 0 Å². The minimum absolute atomic E-state index is 0.0585. The molecular weight excluding hydrogens is 302 g/mol. The van der Waals surface area contributed by atoms with Gasteiger partial charge in [-0.15, -0.1) is 6.58 Å². The molecule has 0 spiro atoms. The van der Waals surface area contributed by atoms with E-state index in [0.717, 1.165) is 12.8 Å². The van der Waals surface area contributed by atoms with Gasteiger partial charge in [0.25, 0.3) is 0 Å². The van der Waals surface area contributed by atoms with Crippen LogP contribution in [-0.2, 0) is 19.5 Å². The Balaban J connectivity index is 1.82. The van der Waals surface area contributed by atoms with Crippen molar-refractivity contribution in [3.63, 3.8) is 0 Å². The van der Waals surface area contributed by atoms with E-state index in [1.54, 1.807) is 34.6 Å². The summed E-state index contributed by atoms with van der Waals surface area (Å²) in [6.07, 6.45) is 3.03. The van der Waals surface area contributed by atoms with Gasteiger partial charge in [-0.05, 0) is 25.0 Å². The molecule has 1 aromatic rings. The highest BCUT2D eigenvalue weighted by Crippen LogP contribution is 2.35. The summed E-state index contributed by atoms with van der Waals surface area (Å²) in [6.45, 7) is 4.91. The number of sulfonamides is 1. The van der Waals surface area contributed by atoms with Gasteiger partial charge in [0.2, 0.25) is 10.0 Å². The maximum absolute atomic E-state index is 12.9. The number of morpholine rings is 1. The second-order valence-corrected chi connectivity index (χ2v) is 7.46. The van der Waals surface area contributed by atoms with E-state index in [1.165, 1.54) is 0 Å². The summed E-state index contributed by atoms with van der Waals surface area (Å²) in [4.78, 5) is 0.339. The van der Waals surface area contributed by atoms with E-state index in [1.807, 2.05) is 6.07 Å². The predicted octanol–water partition coefficient (Wildman–Crippen LogP) is 1.81. The maximum Gasteiger partial charge on any atom is 0.243 e. The summed E-state index contributed by atoms with van der Waals surface area (Å²) in [7, 11) is -3.48. The number of ether oxygens (including phenoxy) is 2. The third-order valence-electron chi connectivity index (χ3n) is 4.26. The molecule has 1 saturated carbocycles. The molecule has 0 bridgehead atoms. The Bertz CT molecular complexity index is 616. The first kappa shape index (κ1) is 15.7. The summed E-state index contributed by atoms with van der Waals surface area (Å²) in [5.74, 6) is 0. The molecule has 0 aromatic heterocycles. The molecule has 22 heavy (non-hydrogen) atoms. The molecule has 0 unspecified atom stereocenters. The Hall–Kier alpha value is -1.21. The van der Waals surface area contributed by atoms with Gasteiger partial charge in [0.1, 0.15) is 6.10 Å². The molecule has 2 fully saturated rings. The van der Waals surface area contributed by atoms with Crippen molar-refractivity contribution in [1.82, 2.24) is 4.31 Å². The van der Waals surface area contributed by atoms with Crippen molar-refractivity contribution < 1.29 is 17.9 Å². The van der Waals surface area contributed by atoms with Crippen molar-refractivity contribution in [1.29, 1.82) is 0 Å². The molecule has 1 heterocycles. The van der Waals surface area contributed by atoms with Crippen LogP contribution >= 0.6 is 0 Å². The van der Waals surface area contributed by atoms with Gasteiger partial charge in [-0.1, -0.05) is 24.3 Å². The largest absolute Gasteiger partial charge is 0.372 e. The molecule has 0 amide bonds. The minimum Gasteiger partial charge on any atom is -0.372 e. The van der Waals surface area contributed by atoms with E-state index in [4.69, 9.17) is 9.47 Å². The lowest BCUT2D eigenvalue weighted by atomic mass is 10.1. The van der Waals surface area contributed by atoms with Crippen LogP contribution in [0.5, 0.6) is 0 Å². The quantitative estimate of drug-likeness (QED) is 0.776. The third-order valence-corrected chi connectivity index (χ3v) is 6.20. The van der Waals surface area contributed by atoms with Gasteiger partial charge < -0.3 is 9.47 Å². The lowest BCUT2D eigenvalue weighted by molar-refractivity contribution is -0.0911. The lowest BCUT2D eigenvalue weighted by Gasteiger charge is -2.38. The van der Waals surface area contributed by atoms with Gasteiger partial charge in [0, 0.05) is 6.54 Å². The van der Waals surface area contributed by atoms with E-state index in [2.05, 4.69) is 6.58 Å². The van der Waals surface area contributed by atoms with Crippen LogP contribution < -0.4 is 0 Å². The molecule has 5 nitrogen and oxygen atoms in total. The SMILES string of the molecule is C=CCO[C@@H]1CC[C@@H]2[C@H]1OCCN2S(=O)(=O)c1ccccc1. The van der Waals surface area contributed by atoms with E-state index in [-0.39, 0.29) is 18.2 Å². The average Bonchev–Trinajstić information content (AvgIpc) is 2.96. The molecular formula is C16H21NO4S. The van der Waals surface area contributed by atoms with Crippen molar-refractivity contribution in [2.24, 2.45) is 0 Å². The first-order valence-corrected chi connectivity index (χ1v) is 8.99. The summed E-state index contributed by atoms with van der Waals surface area (Å²) < 4.78 is 38.9. The van der Waals surface area contributed by atoms with Crippen LogP contribution in [0, 0.1) is 0 Å². The zero-order chi connectivity index (χ0) is 15.6. The Morgan fingerprint density at radius 2 is 2.09 bits per heavy atom. The molecule has 3 atom stereocenters. The summed E-state index contributed by atoms with van der Waals surface area (Å²) in [5.41, 5.74) is 0. The number of benzene rings is 1. The average molecular weight is 323 g/mol. The van der Waals surface area contributed by atoms with Gasteiger partial charge in [0.05, 0.1) is 30.3 Å². The fourth-order valence-corrected chi connectivity index (χ4v) is 4.95. The standard InChI is InChI=1S/C16H21NO4S/c1-2-11-20-15-9-8-14-16(15)21-12-10-17(14)22(18,19)13-6-4-3-5-7-13/h2-7,14-16H,1,8-12H2/t14-,15-,16-/m1/s1. The molecule has 120 valence electrons. The first-order valence-electron chi connectivity index (χ1n) is 7.55. The summed E-state index contributed by atoms with van der Waals surface area (Å²) >= 11 is 0. The Morgan fingerprint density at radius 1 is 1.32 bits per heavy atom. The zero-order valence-corrected chi connectivity index (χ0v) is 13.2. The highest BCUT2D eigenvalue weighted by molar-refractivity contribution is 7.89. The number of hydrogen-bond donors (Lipinski definition) is 0. The van der Waals surface area contributed by atoms with Gasteiger partial charge in [-0.25, -0.2) is 8.42 Å². The Labute approximate surface area is 131 Å². The van der Waals surface area contributed by atoms with Gasteiger partial charge >= 0.3 is 0 Å². The maximum atomic E-state index is 12.9. The third kappa shape index (κ3) is 2.84. The van der Waals surface area contributed by atoms with E-state index in [0.29, 0.717) is 24.7 Å². The summed E-state index contributed by atoms with van der Waals surface area (Å²) in [6, 6.07) is 8.44. The molecule has 2 aliphatic rings. The van der Waals surface area contributed by atoms with Crippen molar-refractivity contribution >= 4 is 10.0 Å². The molecule has 0 N–H and O–H groups in total. The van der Waals surface area contributed by atoms with Crippen molar-refractivity contribution in [2.45, 2.75) is 36.0 Å². The molecule has 1 aliphatic carbocycles. The fraction of sp³-hybridized carbons (Fsp3) is 0.500. The Kier molecular flexibility index (Phi) is 4.63. The van der Waals surface area contributed by atoms with Gasteiger partial charge in [-0.2, -0.15) is 4.31 Å². The predicted molar refractivity (Wildman–Crippen MR) is 83.0 cm³/mol. The van der Waals surface area contributed by atoms with Crippen LogP contribution in [-0.4, -0.2) is 50.7 Å². The topological polar surface area (TPSA) is 55.8 Å². The van der Waals surface area contributed by atoms with Crippen LogP contribution in [0.4, 0.5) is 0 Å². The van der Waals surface area contributed by atoms with Gasteiger partial charge in [0.15, 0.2) is 0 Å². The number of rotatable bonds is 5. The highest BCUT2D eigenvalue weighted by atomic mass is 32.2. The van der Waals surface area contributed by atoms with Crippen molar-refractivity contribution in [3.8, 4) is 0 Å². The van der Waals surface area contributed by atoms with Crippen molar-refractivity contribution in [2.75, 3.05) is 19.8 Å². The van der Waals surface area contributed by atoms with E-state index < -0.39 is 10.0 Å². The van der Waals surface area contributed by atoms with Crippen LogP contribution in [0.25, 0.3) is 0 Å². The molecule has 0 radical (unpaired) electrons. The Morgan fingerprint density at radius 3 is 2.82 bits per heavy atom. The monoisotopic (exact) mass is 323 g/mol. The fourth-order valence-electron chi connectivity index (χ4n) is 3.28.